The van der Waals surface area contributed by atoms with Crippen molar-refractivity contribution in [1.29, 1.82) is 0 Å². The van der Waals surface area contributed by atoms with Crippen LogP contribution in [0, 0.1) is 19.8 Å². The van der Waals surface area contributed by atoms with E-state index >= 15 is 0 Å². The van der Waals surface area contributed by atoms with Gasteiger partial charge in [-0.2, -0.15) is 0 Å². The maximum absolute atomic E-state index is 12.7. The van der Waals surface area contributed by atoms with Gasteiger partial charge in [0.15, 0.2) is 0 Å². The van der Waals surface area contributed by atoms with Gasteiger partial charge in [0.2, 0.25) is 0 Å². The summed E-state index contributed by atoms with van der Waals surface area (Å²) in [5.41, 5.74) is 4.97. The standard InChI is InChI=1S/C19H30.C9H10F2.C2H6/c1-6-8-10-19(17(5)16(4)9-7-2)18-13-11-15(3)12-14-18;1-7-5-3-4-6-8(7)9(2,10)11;1-2/h11-14,16,19H,5-10H2,1-4H3;3-6H,1-2H3;1-2H3. The fourth-order valence-electron chi connectivity index (χ4n) is 3.80. The van der Waals surface area contributed by atoms with Crippen molar-refractivity contribution < 1.29 is 8.78 Å². The Balaban J connectivity index is 0.000000626. The highest BCUT2D eigenvalue weighted by atomic mass is 19.3. The van der Waals surface area contributed by atoms with Gasteiger partial charge in [0.05, 0.1) is 0 Å². The number of hydrogen-bond donors (Lipinski definition) is 0. The number of halogens is 2. The Morgan fingerprint density at radius 3 is 1.91 bits per heavy atom. The molecule has 2 aromatic carbocycles. The van der Waals surface area contributed by atoms with Gasteiger partial charge in [0, 0.05) is 18.4 Å². The Labute approximate surface area is 197 Å². The van der Waals surface area contributed by atoms with Crippen LogP contribution in [0.1, 0.15) is 102 Å². The van der Waals surface area contributed by atoms with Crippen LogP contribution >= 0.6 is 0 Å². The van der Waals surface area contributed by atoms with Crippen LogP contribution in [-0.4, -0.2) is 0 Å². The zero-order valence-corrected chi connectivity index (χ0v) is 21.8. The summed E-state index contributed by atoms with van der Waals surface area (Å²) < 4.78 is 25.4. The summed E-state index contributed by atoms with van der Waals surface area (Å²) in [5.74, 6) is -1.54. The first-order valence-electron chi connectivity index (χ1n) is 12.3. The molecule has 2 aromatic rings. The molecule has 0 heterocycles. The molecule has 32 heavy (non-hydrogen) atoms. The molecule has 2 atom stereocenters. The molecule has 0 N–H and O–H groups in total. The summed E-state index contributed by atoms with van der Waals surface area (Å²) in [4.78, 5) is 0. The lowest BCUT2D eigenvalue weighted by Crippen LogP contribution is -2.09. The molecule has 2 rings (SSSR count). The van der Waals surface area contributed by atoms with Crippen molar-refractivity contribution in [2.45, 2.75) is 99.3 Å². The number of benzene rings is 2. The molecule has 180 valence electrons. The number of aryl methyl sites for hydroxylation is 2. The molecule has 0 aliphatic heterocycles. The molecule has 0 saturated heterocycles. The first-order valence-corrected chi connectivity index (χ1v) is 12.3. The topological polar surface area (TPSA) is 0 Å². The Hall–Kier alpha value is -1.96. The van der Waals surface area contributed by atoms with E-state index in [9.17, 15) is 8.78 Å². The predicted molar refractivity (Wildman–Crippen MR) is 139 cm³/mol. The van der Waals surface area contributed by atoms with Crippen LogP contribution in [0.5, 0.6) is 0 Å². The van der Waals surface area contributed by atoms with Gasteiger partial charge < -0.3 is 0 Å². The first kappa shape index (κ1) is 30.0. The van der Waals surface area contributed by atoms with E-state index in [1.54, 1.807) is 25.1 Å². The molecule has 0 aliphatic carbocycles. The molecule has 0 spiro atoms. The molecule has 2 unspecified atom stereocenters. The number of rotatable bonds is 9. The molecule has 0 fully saturated rings. The second kappa shape index (κ2) is 15.8. The summed E-state index contributed by atoms with van der Waals surface area (Å²) >= 11 is 0. The molecular weight excluding hydrogens is 398 g/mol. The van der Waals surface area contributed by atoms with Crippen molar-refractivity contribution in [1.82, 2.24) is 0 Å². The van der Waals surface area contributed by atoms with Crippen LogP contribution in [0.4, 0.5) is 8.78 Å². The van der Waals surface area contributed by atoms with Gasteiger partial charge in [0.1, 0.15) is 0 Å². The van der Waals surface area contributed by atoms with E-state index in [2.05, 4.69) is 58.5 Å². The molecular formula is C30H46F2. The van der Waals surface area contributed by atoms with Crippen LogP contribution in [0.3, 0.4) is 0 Å². The maximum Gasteiger partial charge on any atom is 0.270 e. The molecule has 0 aliphatic rings. The van der Waals surface area contributed by atoms with Gasteiger partial charge in [-0.15, -0.1) is 0 Å². The second-order valence-electron chi connectivity index (χ2n) is 8.57. The SMILES string of the molecule is C=C(C(C)CCC)C(CCCC)c1ccc(C)cc1.CC.Cc1ccccc1C(C)(F)F. The van der Waals surface area contributed by atoms with E-state index in [0.29, 0.717) is 17.4 Å². The summed E-state index contributed by atoms with van der Waals surface area (Å²) in [7, 11) is 0. The average Bonchev–Trinajstić information content (AvgIpc) is 2.76. The third-order valence-corrected chi connectivity index (χ3v) is 5.75. The Morgan fingerprint density at radius 2 is 1.47 bits per heavy atom. The van der Waals surface area contributed by atoms with Crippen molar-refractivity contribution in [3.63, 3.8) is 0 Å². The van der Waals surface area contributed by atoms with Gasteiger partial charge >= 0.3 is 0 Å². The lowest BCUT2D eigenvalue weighted by molar-refractivity contribution is 0.0168. The second-order valence-corrected chi connectivity index (χ2v) is 8.57. The van der Waals surface area contributed by atoms with E-state index in [1.165, 1.54) is 54.9 Å². The summed E-state index contributed by atoms with van der Waals surface area (Å²) in [6.45, 7) is 20.0. The number of unbranched alkanes of at least 4 members (excludes halogenated alkanes) is 1. The van der Waals surface area contributed by atoms with E-state index in [1.807, 2.05) is 13.8 Å². The normalized spacial score (nSPS) is 12.6. The van der Waals surface area contributed by atoms with Crippen LogP contribution in [0.25, 0.3) is 0 Å². The highest BCUT2D eigenvalue weighted by Gasteiger charge is 2.25. The summed E-state index contributed by atoms with van der Waals surface area (Å²) in [5, 5.41) is 0. The zero-order valence-electron chi connectivity index (χ0n) is 21.8. The van der Waals surface area contributed by atoms with Gasteiger partial charge in [-0.1, -0.05) is 120 Å². The summed E-state index contributed by atoms with van der Waals surface area (Å²) in [6, 6.07) is 15.6. The monoisotopic (exact) mass is 444 g/mol. The van der Waals surface area contributed by atoms with E-state index in [0.717, 1.165) is 6.92 Å². The minimum absolute atomic E-state index is 0.111. The van der Waals surface area contributed by atoms with Gasteiger partial charge in [0.25, 0.3) is 5.92 Å². The van der Waals surface area contributed by atoms with Crippen molar-refractivity contribution in [3.8, 4) is 0 Å². The number of allylic oxidation sites excluding steroid dienone is 1. The first-order chi connectivity index (χ1) is 15.1. The minimum Gasteiger partial charge on any atom is -0.202 e. The lowest BCUT2D eigenvalue weighted by atomic mass is 9.80. The average molecular weight is 445 g/mol. The third-order valence-electron chi connectivity index (χ3n) is 5.75. The van der Waals surface area contributed by atoms with Crippen LogP contribution in [-0.2, 0) is 5.92 Å². The lowest BCUT2D eigenvalue weighted by Gasteiger charge is -2.25. The smallest absolute Gasteiger partial charge is 0.202 e. The zero-order chi connectivity index (χ0) is 24.7. The third kappa shape index (κ3) is 10.6. The molecule has 0 nitrogen and oxygen atoms in total. The molecule has 0 saturated carbocycles. The van der Waals surface area contributed by atoms with Crippen LogP contribution in [0.15, 0.2) is 60.7 Å². The predicted octanol–water partition coefficient (Wildman–Crippen LogP) is 10.4. The van der Waals surface area contributed by atoms with E-state index in [4.69, 9.17) is 0 Å². The van der Waals surface area contributed by atoms with Crippen molar-refractivity contribution >= 4 is 0 Å². The number of alkyl halides is 2. The van der Waals surface area contributed by atoms with Gasteiger partial charge in [-0.3, -0.25) is 0 Å². The molecule has 0 aromatic heterocycles. The maximum atomic E-state index is 12.7. The van der Waals surface area contributed by atoms with Crippen molar-refractivity contribution in [2.75, 3.05) is 0 Å². The van der Waals surface area contributed by atoms with Crippen LogP contribution in [0.2, 0.25) is 0 Å². The molecule has 0 bridgehead atoms. The fourth-order valence-corrected chi connectivity index (χ4v) is 3.80. The van der Waals surface area contributed by atoms with E-state index in [-0.39, 0.29) is 5.56 Å². The Kier molecular flexibility index (Phi) is 14.8. The molecule has 2 heteroatoms. The van der Waals surface area contributed by atoms with Crippen molar-refractivity contribution in [3.05, 3.63) is 82.9 Å². The molecule has 0 radical (unpaired) electrons. The van der Waals surface area contributed by atoms with Crippen molar-refractivity contribution in [2.24, 2.45) is 5.92 Å². The quantitative estimate of drug-likeness (QED) is 0.337. The summed E-state index contributed by atoms with van der Waals surface area (Å²) in [6.07, 6.45) is 6.29. The van der Waals surface area contributed by atoms with E-state index < -0.39 is 5.92 Å². The Bertz CT molecular complexity index is 753. The largest absolute Gasteiger partial charge is 0.270 e. The Morgan fingerprint density at radius 1 is 0.906 bits per heavy atom. The van der Waals surface area contributed by atoms with Gasteiger partial charge in [-0.05, 0) is 43.7 Å². The fraction of sp³-hybridized carbons (Fsp3) is 0.533. The van der Waals surface area contributed by atoms with Gasteiger partial charge in [-0.25, -0.2) is 8.78 Å². The number of hydrogen-bond acceptors (Lipinski definition) is 0. The van der Waals surface area contributed by atoms with Crippen LogP contribution < -0.4 is 0 Å². The minimum atomic E-state index is -2.72. The highest BCUT2D eigenvalue weighted by molar-refractivity contribution is 5.31. The highest BCUT2D eigenvalue weighted by Crippen LogP contribution is 2.34. The molecule has 0 amide bonds.